The fourth-order valence-corrected chi connectivity index (χ4v) is 3.49. The van der Waals surface area contributed by atoms with Gasteiger partial charge >= 0.3 is 0 Å². The number of rotatable bonds is 3. The number of likely N-dealkylation sites (N-methyl/N-ethyl adjacent to an activating group) is 1. The zero-order valence-electron chi connectivity index (χ0n) is 13.0. The third-order valence-electron chi connectivity index (χ3n) is 5.04. The SMILES string of the molecule is CN(C)C1COC2(CCN(Cc3ccccc3F)CC2)C1. The van der Waals surface area contributed by atoms with Crippen LogP contribution in [0.15, 0.2) is 24.3 Å². The molecule has 2 aliphatic heterocycles. The Morgan fingerprint density at radius 1 is 1.29 bits per heavy atom. The number of benzene rings is 1. The molecule has 1 unspecified atom stereocenters. The summed E-state index contributed by atoms with van der Waals surface area (Å²) in [7, 11) is 4.25. The van der Waals surface area contributed by atoms with Crippen LogP contribution in [-0.2, 0) is 11.3 Å². The maximum Gasteiger partial charge on any atom is 0.127 e. The fourth-order valence-electron chi connectivity index (χ4n) is 3.49. The van der Waals surface area contributed by atoms with E-state index in [1.54, 1.807) is 12.1 Å². The van der Waals surface area contributed by atoms with Crippen LogP contribution in [0, 0.1) is 5.82 Å². The largest absolute Gasteiger partial charge is 0.373 e. The van der Waals surface area contributed by atoms with Gasteiger partial charge in [0.1, 0.15) is 5.82 Å². The Morgan fingerprint density at radius 2 is 2.00 bits per heavy atom. The second-order valence-electron chi connectivity index (χ2n) is 6.68. The van der Waals surface area contributed by atoms with Crippen LogP contribution in [-0.4, -0.2) is 55.2 Å². The second-order valence-corrected chi connectivity index (χ2v) is 6.68. The van der Waals surface area contributed by atoms with Crippen LogP contribution >= 0.6 is 0 Å². The predicted octanol–water partition coefficient (Wildman–Crippen LogP) is 2.51. The molecule has 1 aromatic carbocycles. The average molecular weight is 292 g/mol. The lowest BCUT2D eigenvalue weighted by molar-refractivity contribution is -0.0452. The lowest BCUT2D eigenvalue weighted by Gasteiger charge is -2.39. The standard InChI is InChI=1S/C17H25FN2O/c1-19(2)15-11-17(21-13-15)7-9-20(10-8-17)12-14-5-3-4-6-16(14)18/h3-6,15H,7-13H2,1-2H3. The molecule has 3 rings (SSSR count). The number of piperidine rings is 1. The molecular weight excluding hydrogens is 267 g/mol. The van der Waals surface area contributed by atoms with Crippen LogP contribution in [0.3, 0.4) is 0 Å². The van der Waals surface area contributed by atoms with Crippen molar-refractivity contribution in [3.05, 3.63) is 35.6 Å². The number of halogens is 1. The maximum atomic E-state index is 13.7. The summed E-state index contributed by atoms with van der Waals surface area (Å²) >= 11 is 0. The minimum atomic E-state index is -0.0948. The molecular formula is C17H25FN2O. The van der Waals surface area contributed by atoms with Crippen molar-refractivity contribution < 1.29 is 9.13 Å². The number of ether oxygens (including phenoxy) is 1. The molecule has 116 valence electrons. The van der Waals surface area contributed by atoms with Gasteiger partial charge in [0.2, 0.25) is 0 Å². The molecule has 0 bridgehead atoms. The number of hydrogen-bond donors (Lipinski definition) is 0. The van der Waals surface area contributed by atoms with Gasteiger partial charge in [-0.3, -0.25) is 4.90 Å². The highest BCUT2D eigenvalue weighted by atomic mass is 19.1. The highest BCUT2D eigenvalue weighted by Crippen LogP contribution is 2.37. The van der Waals surface area contributed by atoms with Crippen molar-refractivity contribution in [2.24, 2.45) is 0 Å². The van der Waals surface area contributed by atoms with E-state index in [0.717, 1.165) is 44.5 Å². The summed E-state index contributed by atoms with van der Waals surface area (Å²) in [5, 5.41) is 0. The zero-order valence-corrected chi connectivity index (χ0v) is 13.0. The van der Waals surface area contributed by atoms with Gasteiger partial charge in [-0.15, -0.1) is 0 Å². The molecule has 1 atom stereocenters. The summed E-state index contributed by atoms with van der Waals surface area (Å²) in [5.41, 5.74) is 0.868. The Labute approximate surface area is 126 Å². The third-order valence-corrected chi connectivity index (χ3v) is 5.04. The van der Waals surface area contributed by atoms with Crippen LogP contribution in [0.2, 0.25) is 0 Å². The van der Waals surface area contributed by atoms with Crippen LogP contribution in [0.1, 0.15) is 24.8 Å². The van der Waals surface area contributed by atoms with Crippen molar-refractivity contribution in [2.75, 3.05) is 33.8 Å². The van der Waals surface area contributed by atoms with E-state index in [4.69, 9.17) is 4.74 Å². The predicted molar refractivity (Wildman–Crippen MR) is 81.7 cm³/mol. The van der Waals surface area contributed by atoms with Crippen LogP contribution < -0.4 is 0 Å². The quantitative estimate of drug-likeness (QED) is 0.851. The van der Waals surface area contributed by atoms with E-state index in [0.29, 0.717) is 12.6 Å². The lowest BCUT2D eigenvalue weighted by Crippen LogP contribution is -2.44. The van der Waals surface area contributed by atoms with Gasteiger partial charge in [0.15, 0.2) is 0 Å². The zero-order chi connectivity index (χ0) is 14.9. The van der Waals surface area contributed by atoms with E-state index in [2.05, 4.69) is 23.9 Å². The van der Waals surface area contributed by atoms with Crippen molar-refractivity contribution in [1.29, 1.82) is 0 Å². The first-order valence-electron chi connectivity index (χ1n) is 7.84. The Hall–Kier alpha value is -0.970. The topological polar surface area (TPSA) is 15.7 Å². The molecule has 2 aliphatic rings. The van der Waals surface area contributed by atoms with Gasteiger partial charge in [-0.25, -0.2) is 4.39 Å². The molecule has 0 amide bonds. The monoisotopic (exact) mass is 292 g/mol. The van der Waals surface area contributed by atoms with Crippen molar-refractivity contribution in [2.45, 2.75) is 37.5 Å². The van der Waals surface area contributed by atoms with Crippen molar-refractivity contribution >= 4 is 0 Å². The summed E-state index contributed by atoms with van der Waals surface area (Å²) in [4.78, 5) is 4.61. The lowest BCUT2D eigenvalue weighted by atomic mass is 9.87. The fraction of sp³-hybridized carbons (Fsp3) is 0.647. The molecule has 21 heavy (non-hydrogen) atoms. The molecule has 2 fully saturated rings. The molecule has 2 heterocycles. The molecule has 1 aromatic rings. The van der Waals surface area contributed by atoms with Gasteiger partial charge < -0.3 is 9.64 Å². The van der Waals surface area contributed by atoms with Crippen molar-refractivity contribution in [1.82, 2.24) is 9.80 Å². The van der Waals surface area contributed by atoms with Crippen LogP contribution in [0.25, 0.3) is 0 Å². The normalized spacial score (nSPS) is 25.8. The first-order chi connectivity index (χ1) is 10.1. The minimum Gasteiger partial charge on any atom is -0.373 e. The number of hydrogen-bond acceptors (Lipinski definition) is 3. The van der Waals surface area contributed by atoms with Gasteiger partial charge in [-0.2, -0.15) is 0 Å². The van der Waals surface area contributed by atoms with Gasteiger partial charge in [-0.1, -0.05) is 18.2 Å². The van der Waals surface area contributed by atoms with Gasteiger partial charge in [0, 0.05) is 31.2 Å². The molecule has 4 heteroatoms. The minimum absolute atomic E-state index is 0.0701. The summed E-state index contributed by atoms with van der Waals surface area (Å²) in [5.74, 6) is -0.0948. The smallest absolute Gasteiger partial charge is 0.127 e. The molecule has 0 aliphatic carbocycles. The Kier molecular flexibility index (Phi) is 4.29. The van der Waals surface area contributed by atoms with Gasteiger partial charge in [0.25, 0.3) is 0 Å². The summed E-state index contributed by atoms with van der Waals surface area (Å²) < 4.78 is 19.9. The number of nitrogens with zero attached hydrogens (tertiary/aromatic N) is 2. The Morgan fingerprint density at radius 3 is 2.62 bits per heavy atom. The van der Waals surface area contributed by atoms with Crippen LogP contribution in [0.4, 0.5) is 4.39 Å². The second kappa shape index (κ2) is 6.03. The molecule has 0 radical (unpaired) electrons. The Balaban J connectivity index is 1.55. The maximum absolute atomic E-state index is 13.7. The molecule has 0 N–H and O–H groups in total. The molecule has 2 saturated heterocycles. The molecule has 0 aromatic heterocycles. The van der Waals surface area contributed by atoms with E-state index < -0.39 is 0 Å². The Bertz CT molecular complexity index is 483. The van der Waals surface area contributed by atoms with Crippen molar-refractivity contribution in [3.63, 3.8) is 0 Å². The first-order valence-corrected chi connectivity index (χ1v) is 7.84. The number of likely N-dealkylation sites (tertiary alicyclic amines) is 1. The van der Waals surface area contributed by atoms with Gasteiger partial charge in [0.05, 0.1) is 12.2 Å². The highest BCUT2D eigenvalue weighted by Gasteiger charge is 2.43. The molecule has 3 nitrogen and oxygen atoms in total. The van der Waals surface area contributed by atoms with E-state index in [1.807, 2.05) is 12.1 Å². The van der Waals surface area contributed by atoms with E-state index in [-0.39, 0.29) is 11.4 Å². The summed E-state index contributed by atoms with van der Waals surface area (Å²) in [6.07, 6.45) is 3.26. The third kappa shape index (κ3) is 3.28. The summed E-state index contributed by atoms with van der Waals surface area (Å²) in [6, 6.07) is 7.63. The summed E-state index contributed by atoms with van der Waals surface area (Å²) in [6.45, 7) is 3.54. The molecule has 0 saturated carbocycles. The van der Waals surface area contributed by atoms with E-state index in [1.165, 1.54) is 0 Å². The molecule has 1 spiro atoms. The van der Waals surface area contributed by atoms with E-state index in [9.17, 15) is 4.39 Å². The van der Waals surface area contributed by atoms with Gasteiger partial charge in [-0.05, 0) is 39.4 Å². The van der Waals surface area contributed by atoms with Crippen molar-refractivity contribution in [3.8, 4) is 0 Å². The highest BCUT2D eigenvalue weighted by molar-refractivity contribution is 5.17. The first kappa shape index (κ1) is 14.9. The van der Waals surface area contributed by atoms with E-state index >= 15 is 0 Å². The average Bonchev–Trinajstić information content (AvgIpc) is 2.89. The van der Waals surface area contributed by atoms with Crippen LogP contribution in [0.5, 0.6) is 0 Å².